The number of carbonyl (C=O) groups excluding carboxylic acids is 1. The van der Waals surface area contributed by atoms with Crippen LogP contribution in [0.3, 0.4) is 0 Å². The van der Waals surface area contributed by atoms with Gasteiger partial charge in [0, 0.05) is 18.5 Å². The Morgan fingerprint density at radius 2 is 1.70 bits per heavy atom. The monoisotopic (exact) mass is 271 g/mol. The predicted molar refractivity (Wildman–Crippen MR) is 82.3 cm³/mol. The second-order valence-electron chi connectivity index (χ2n) is 6.27. The lowest BCUT2D eigenvalue weighted by molar-refractivity contribution is 0.0958. The molecule has 0 atom stereocenters. The highest BCUT2D eigenvalue weighted by molar-refractivity contribution is 5.96. The summed E-state index contributed by atoms with van der Waals surface area (Å²) in [5.74, 6) is 0.323. The predicted octanol–water partition coefficient (Wildman–Crippen LogP) is 3.62. The van der Waals surface area contributed by atoms with Crippen LogP contribution in [-0.2, 0) is 12.8 Å². The van der Waals surface area contributed by atoms with Crippen molar-refractivity contribution in [2.45, 2.75) is 51.4 Å². The van der Waals surface area contributed by atoms with Crippen LogP contribution in [0.4, 0.5) is 0 Å². The fraction of sp³-hybridized carbons (Fsp3) is 0.611. The average molecular weight is 271 g/mol. The Morgan fingerprint density at radius 1 is 0.950 bits per heavy atom. The second-order valence-corrected chi connectivity index (χ2v) is 6.27. The summed E-state index contributed by atoms with van der Waals surface area (Å²) in [6.45, 7) is 3.30. The van der Waals surface area contributed by atoms with E-state index in [0.717, 1.165) is 18.5 Å². The summed E-state index contributed by atoms with van der Waals surface area (Å²) in [4.78, 5) is 14.8. The fourth-order valence-electron chi connectivity index (χ4n) is 3.49. The van der Waals surface area contributed by atoms with Gasteiger partial charge in [0.25, 0.3) is 0 Å². The normalized spacial score (nSPS) is 19.6. The Hall–Kier alpha value is -1.15. The SMILES string of the molecule is O=C(CCN1CCCCC1)c1ccc2c(c1)CCCC2. The van der Waals surface area contributed by atoms with E-state index in [1.165, 1.54) is 62.7 Å². The van der Waals surface area contributed by atoms with Crippen molar-refractivity contribution in [3.8, 4) is 0 Å². The number of fused-ring (bicyclic) bond motifs is 1. The van der Waals surface area contributed by atoms with E-state index in [1.54, 1.807) is 0 Å². The Balaban J connectivity index is 1.59. The number of hydrogen-bond donors (Lipinski definition) is 0. The minimum absolute atomic E-state index is 0.323. The standard InChI is InChI=1S/C18H25NO/c20-18(10-13-19-11-4-1-5-12-19)17-9-8-15-6-2-3-7-16(15)14-17/h8-9,14H,1-7,10-13H2. The molecule has 0 saturated carbocycles. The molecule has 0 unspecified atom stereocenters. The first-order valence-corrected chi connectivity index (χ1v) is 8.20. The number of carbonyl (C=O) groups is 1. The van der Waals surface area contributed by atoms with E-state index in [-0.39, 0.29) is 0 Å². The van der Waals surface area contributed by atoms with Gasteiger partial charge in [-0.05, 0) is 68.8 Å². The van der Waals surface area contributed by atoms with Gasteiger partial charge in [-0.3, -0.25) is 4.79 Å². The number of piperidine rings is 1. The summed E-state index contributed by atoms with van der Waals surface area (Å²) >= 11 is 0. The topological polar surface area (TPSA) is 20.3 Å². The molecule has 1 saturated heterocycles. The largest absolute Gasteiger partial charge is 0.303 e. The molecule has 0 aromatic heterocycles. The highest BCUT2D eigenvalue weighted by Crippen LogP contribution is 2.23. The van der Waals surface area contributed by atoms with Gasteiger partial charge in [-0.1, -0.05) is 18.6 Å². The van der Waals surface area contributed by atoms with Crippen LogP contribution in [0, 0.1) is 0 Å². The zero-order chi connectivity index (χ0) is 13.8. The van der Waals surface area contributed by atoms with E-state index >= 15 is 0 Å². The number of Topliss-reactive ketones (excluding diaryl/α,β-unsaturated/α-hetero) is 1. The van der Waals surface area contributed by atoms with Crippen LogP contribution in [0.1, 0.15) is 60.0 Å². The number of likely N-dealkylation sites (tertiary alicyclic amines) is 1. The molecule has 2 aliphatic rings. The van der Waals surface area contributed by atoms with Crippen LogP contribution in [0.2, 0.25) is 0 Å². The van der Waals surface area contributed by atoms with Gasteiger partial charge in [0.1, 0.15) is 0 Å². The third-order valence-electron chi connectivity index (χ3n) is 4.77. The summed E-state index contributed by atoms with van der Waals surface area (Å²) in [5, 5.41) is 0. The van der Waals surface area contributed by atoms with Gasteiger partial charge >= 0.3 is 0 Å². The lowest BCUT2D eigenvalue weighted by Crippen LogP contribution is -2.31. The third kappa shape index (κ3) is 3.29. The molecule has 1 heterocycles. The smallest absolute Gasteiger partial charge is 0.164 e. The molecule has 0 radical (unpaired) electrons. The van der Waals surface area contributed by atoms with E-state index in [4.69, 9.17) is 0 Å². The molecule has 0 bridgehead atoms. The first-order chi connectivity index (χ1) is 9.83. The van der Waals surface area contributed by atoms with E-state index in [9.17, 15) is 4.79 Å². The maximum atomic E-state index is 12.3. The molecule has 108 valence electrons. The molecule has 0 spiro atoms. The second kappa shape index (κ2) is 6.53. The lowest BCUT2D eigenvalue weighted by atomic mass is 9.89. The van der Waals surface area contributed by atoms with Crippen LogP contribution in [0.15, 0.2) is 18.2 Å². The summed E-state index contributed by atoms with van der Waals surface area (Å²) in [7, 11) is 0. The Morgan fingerprint density at radius 3 is 2.50 bits per heavy atom. The molecular weight excluding hydrogens is 246 g/mol. The van der Waals surface area contributed by atoms with Gasteiger partial charge in [-0.2, -0.15) is 0 Å². The van der Waals surface area contributed by atoms with Crippen molar-refractivity contribution in [2.24, 2.45) is 0 Å². The Bertz CT molecular complexity index is 474. The van der Waals surface area contributed by atoms with Crippen molar-refractivity contribution in [1.82, 2.24) is 4.90 Å². The molecule has 20 heavy (non-hydrogen) atoms. The minimum Gasteiger partial charge on any atom is -0.303 e. The molecule has 0 amide bonds. The molecule has 1 aromatic carbocycles. The molecular formula is C18H25NO. The van der Waals surface area contributed by atoms with Crippen molar-refractivity contribution < 1.29 is 4.79 Å². The fourth-order valence-corrected chi connectivity index (χ4v) is 3.49. The first kappa shape index (κ1) is 13.8. The first-order valence-electron chi connectivity index (χ1n) is 8.20. The van der Waals surface area contributed by atoms with Crippen molar-refractivity contribution in [3.63, 3.8) is 0 Å². The summed E-state index contributed by atoms with van der Waals surface area (Å²) in [6.07, 6.45) is 9.56. The highest BCUT2D eigenvalue weighted by Gasteiger charge is 2.15. The van der Waals surface area contributed by atoms with Gasteiger partial charge in [0.2, 0.25) is 0 Å². The van der Waals surface area contributed by atoms with E-state index in [1.807, 2.05) is 6.07 Å². The summed E-state index contributed by atoms with van der Waals surface area (Å²) in [6, 6.07) is 6.39. The number of hydrogen-bond acceptors (Lipinski definition) is 2. The van der Waals surface area contributed by atoms with E-state index < -0.39 is 0 Å². The number of rotatable bonds is 4. The van der Waals surface area contributed by atoms with Gasteiger partial charge < -0.3 is 4.90 Å². The van der Waals surface area contributed by atoms with Gasteiger partial charge in [0.05, 0.1) is 0 Å². The van der Waals surface area contributed by atoms with E-state index in [0.29, 0.717) is 12.2 Å². The van der Waals surface area contributed by atoms with Crippen molar-refractivity contribution in [3.05, 3.63) is 34.9 Å². The number of benzene rings is 1. The van der Waals surface area contributed by atoms with Crippen LogP contribution < -0.4 is 0 Å². The molecule has 1 fully saturated rings. The molecule has 3 rings (SSSR count). The number of aryl methyl sites for hydroxylation is 2. The summed E-state index contributed by atoms with van der Waals surface area (Å²) in [5.41, 5.74) is 3.81. The van der Waals surface area contributed by atoms with Crippen LogP contribution in [0.25, 0.3) is 0 Å². The van der Waals surface area contributed by atoms with Gasteiger partial charge in [-0.15, -0.1) is 0 Å². The number of nitrogens with zero attached hydrogens (tertiary/aromatic N) is 1. The highest BCUT2D eigenvalue weighted by atomic mass is 16.1. The molecule has 1 aliphatic heterocycles. The van der Waals surface area contributed by atoms with Crippen molar-refractivity contribution in [2.75, 3.05) is 19.6 Å². The maximum Gasteiger partial charge on any atom is 0.164 e. The molecule has 1 aliphatic carbocycles. The van der Waals surface area contributed by atoms with E-state index in [2.05, 4.69) is 17.0 Å². The van der Waals surface area contributed by atoms with Crippen LogP contribution in [0.5, 0.6) is 0 Å². The average Bonchev–Trinajstić information content (AvgIpc) is 2.53. The Labute approximate surface area is 122 Å². The van der Waals surface area contributed by atoms with Gasteiger partial charge in [0.15, 0.2) is 5.78 Å². The summed E-state index contributed by atoms with van der Waals surface area (Å²) < 4.78 is 0. The molecule has 2 nitrogen and oxygen atoms in total. The van der Waals surface area contributed by atoms with Crippen LogP contribution >= 0.6 is 0 Å². The lowest BCUT2D eigenvalue weighted by Gasteiger charge is -2.26. The maximum absolute atomic E-state index is 12.3. The molecule has 0 N–H and O–H groups in total. The van der Waals surface area contributed by atoms with Crippen molar-refractivity contribution >= 4 is 5.78 Å². The number of ketones is 1. The Kier molecular flexibility index (Phi) is 4.51. The molecule has 1 aromatic rings. The van der Waals surface area contributed by atoms with Gasteiger partial charge in [-0.25, -0.2) is 0 Å². The third-order valence-corrected chi connectivity index (χ3v) is 4.77. The quantitative estimate of drug-likeness (QED) is 0.780. The van der Waals surface area contributed by atoms with Crippen LogP contribution in [-0.4, -0.2) is 30.3 Å². The zero-order valence-corrected chi connectivity index (χ0v) is 12.4. The minimum atomic E-state index is 0.323. The van der Waals surface area contributed by atoms with Crippen molar-refractivity contribution in [1.29, 1.82) is 0 Å². The zero-order valence-electron chi connectivity index (χ0n) is 12.4. The molecule has 2 heteroatoms.